The number of hydrogen-bond acceptors (Lipinski definition) is 3. The van der Waals surface area contributed by atoms with E-state index in [-0.39, 0.29) is 29.1 Å². The van der Waals surface area contributed by atoms with E-state index in [9.17, 15) is 14.9 Å². The molecule has 0 radical (unpaired) electrons. The van der Waals surface area contributed by atoms with Crippen LogP contribution in [0, 0.1) is 16.0 Å². The number of rotatable bonds is 4. The summed E-state index contributed by atoms with van der Waals surface area (Å²) in [5.41, 5.74) is 0.912. The topological polar surface area (TPSA) is 60.2 Å². The predicted molar refractivity (Wildman–Crippen MR) is 68.0 cm³/mol. The highest BCUT2D eigenvalue weighted by molar-refractivity contribution is 5.82. The second-order valence-electron chi connectivity index (χ2n) is 4.85. The van der Waals surface area contributed by atoms with Crippen LogP contribution in [0.25, 0.3) is 0 Å². The van der Waals surface area contributed by atoms with E-state index in [4.69, 9.17) is 0 Å². The van der Waals surface area contributed by atoms with Crippen LogP contribution in [0.5, 0.6) is 0 Å². The third-order valence-electron chi connectivity index (χ3n) is 3.66. The molecule has 0 bridgehead atoms. The maximum absolute atomic E-state index is 12.0. The number of nitrogens with zero attached hydrogens (tertiary/aromatic N) is 1. The van der Waals surface area contributed by atoms with Gasteiger partial charge in [0.25, 0.3) is 0 Å². The first-order valence-corrected chi connectivity index (χ1v) is 6.38. The molecule has 1 aromatic carbocycles. The average molecular weight is 247 g/mol. The molecular formula is C14H17NO3. The minimum atomic E-state index is -0.306. The average Bonchev–Trinajstić information content (AvgIpc) is 2.38. The maximum Gasteiger partial charge on any atom is 0.211 e. The van der Waals surface area contributed by atoms with Crippen molar-refractivity contribution in [3.63, 3.8) is 0 Å². The Kier molecular flexibility index (Phi) is 4.07. The minimum Gasteiger partial charge on any atom is -0.299 e. The third kappa shape index (κ3) is 2.94. The van der Waals surface area contributed by atoms with Gasteiger partial charge in [0.15, 0.2) is 0 Å². The number of hydrogen-bond donors (Lipinski definition) is 0. The van der Waals surface area contributed by atoms with Crippen LogP contribution < -0.4 is 0 Å². The van der Waals surface area contributed by atoms with Crippen molar-refractivity contribution in [2.24, 2.45) is 5.92 Å². The summed E-state index contributed by atoms with van der Waals surface area (Å²) in [5, 5.41) is 10.8. The lowest BCUT2D eigenvalue weighted by Gasteiger charge is -2.26. The van der Waals surface area contributed by atoms with Crippen molar-refractivity contribution >= 4 is 5.78 Å². The number of benzene rings is 1. The fourth-order valence-corrected chi connectivity index (χ4v) is 2.76. The zero-order valence-corrected chi connectivity index (χ0v) is 10.2. The lowest BCUT2D eigenvalue weighted by atomic mass is 9.76. The molecule has 0 heterocycles. The molecule has 2 rings (SSSR count). The van der Waals surface area contributed by atoms with Gasteiger partial charge in [-0.3, -0.25) is 14.9 Å². The third-order valence-corrected chi connectivity index (χ3v) is 3.66. The fourth-order valence-electron chi connectivity index (χ4n) is 2.76. The highest BCUT2D eigenvalue weighted by Gasteiger charge is 2.34. The van der Waals surface area contributed by atoms with Crippen LogP contribution in [0.15, 0.2) is 30.3 Å². The number of carbonyl (C=O) groups excluding carboxylic acids is 1. The molecule has 1 aliphatic carbocycles. The van der Waals surface area contributed by atoms with E-state index in [2.05, 4.69) is 0 Å². The standard InChI is InChI=1S/C14H17NO3/c16-14-9-5-4-8-12(14)13(10-15(17)18)11-6-2-1-3-7-11/h1-3,6-7,12-13H,4-5,8-10H2/t12-,13-/m1/s1. The van der Waals surface area contributed by atoms with Gasteiger partial charge in [-0.05, 0) is 18.4 Å². The predicted octanol–water partition coefficient (Wildman–Crippen LogP) is 2.81. The summed E-state index contributed by atoms with van der Waals surface area (Å²) in [5.74, 6) is -0.252. The molecule has 0 spiro atoms. The van der Waals surface area contributed by atoms with Crippen LogP contribution in [-0.2, 0) is 4.79 Å². The van der Waals surface area contributed by atoms with Crippen molar-refractivity contribution in [2.45, 2.75) is 31.6 Å². The minimum absolute atomic E-state index is 0.152. The molecule has 1 aliphatic rings. The van der Waals surface area contributed by atoms with Gasteiger partial charge in [0.05, 0.1) is 5.92 Å². The van der Waals surface area contributed by atoms with Gasteiger partial charge >= 0.3 is 0 Å². The van der Waals surface area contributed by atoms with Gasteiger partial charge in [-0.25, -0.2) is 0 Å². The summed E-state index contributed by atoms with van der Waals surface area (Å²) in [6, 6.07) is 9.40. The summed E-state index contributed by atoms with van der Waals surface area (Å²) >= 11 is 0. The highest BCUT2D eigenvalue weighted by atomic mass is 16.6. The number of nitro groups is 1. The largest absolute Gasteiger partial charge is 0.299 e. The maximum atomic E-state index is 12.0. The first-order chi connectivity index (χ1) is 8.68. The van der Waals surface area contributed by atoms with Crippen LogP contribution in [0.4, 0.5) is 0 Å². The van der Waals surface area contributed by atoms with E-state index >= 15 is 0 Å². The summed E-state index contributed by atoms with van der Waals surface area (Å²) < 4.78 is 0. The Bertz CT molecular complexity index is 430. The van der Waals surface area contributed by atoms with Gasteiger partial charge in [-0.15, -0.1) is 0 Å². The van der Waals surface area contributed by atoms with Crippen molar-refractivity contribution in [1.82, 2.24) is 0 Å². The molecule has 4 heteroatoms. The van der Waals surface area contributed by atoms with Crippen LogP contribution in [0.1, 0.15) is 37.2 Å². The molecule has 0 unspecified atom stereocenters. The van der Waals surface area contributed by atoms with Gasteiger partial charge in [0, 0.05) is 17.3 Å². The van der Waals surface area contributed by atoms with Crippen molar-refractivity contribution in [3.05, 3.63) is 46.0 Å². The molecule has 1 aromatic rings. The molecule has 96 valence electrons. The van der Waals surface area contributed by atoms with Gasteiger partial charge in [0.1, 0.15) is 5.78 Å². The molecule has 0 aromatic heterocycles. The van der Waals surface area contributed by atoms with Gasteiger partial charge < -0.3 is 0 Å². The molecule has 2 atom stereocenters. The van der Waals surface area contributed by atoms with Crippen LogP contribution in [-0.4, -0.2) is 17.3 Å². The van der Waals surface area contributed by atoms with Crippen molar-refractivity contribution in [1.29, 1.82) is 0 Å². The molecule has 1 fully saturated rings. The van der Waals surface area contributed by atoms with Crippen LogP contribution in [0.2, 0.25) is 0 Å². The Morgan fingerprint density at radius 2 is 2.00 bits per heavy atom. The quantitative estimate of drug-likeness (QED) is 0.607. The van der Waals surface area contributed by atoms with Crippen molar-refractivity contribution in [2.75, 3.05) is 6.54 Å². The summed E-state index contributed by atoms with van der Waals surface area (Å²) in [7, 11) is 0. The van der Waals surface area contributed by atoms with E-state index < -0.39 is 0 Å². The Morgan fingerprint density at radius 1 is 1.28 bits per heavy atom. The zero-order chi connectivity index (χ0) is 13.0. The lowest BCUT2D eigenvalue weighted by molar-refractivity contribution is -0.484. The van der Waals surface area contributed by atoms with E-state index in [1.807, 2.05) is 30.3 Å². The second-order valence-corrected chi connectivity index (χ2v) is 4.85. The number of ketones is 1. The Balaban J connectivity index is 2.24. The van der Waals surface area contributed by atoms with Crippen LogP contribution >= 0.6 is 0 Å². The number of Topliss-reactive ketones (excluding diaryl/α,β-unsaturated/α-hetero) is 1. The molecule has 0 N–H and O–H groups in total. The smallest absolute Gasteiger partial charge is 0.211 e. The van der Waals surface area contributed by atoms with Gasteiger partial charge in [0.2, 0.25) is 6.54 Å². The molecule has 0 aliphatic heterocycles. The first-order valence-electron chi connectivity index (χ1n) is 6.38. The Morgan fingerprint density at radius 3 is 2.61 bits per heavy atom. The summed E-state index contributed by atoms with van der Waals surface area (Å²) in [6.07, 6.45) is 3.28. The van der Waals surface area contributed by atoms with Crippen molar-refractivity contribution in [3.8, 4) is 0 Å². The fraction of sp³-hybridized carbons (Fsp3) is 0.500. The Labute approximate surface area is 106 Å². The lowest BCUT2D eigenvalue weighted by Crippen LogP contribution is -2.30. The second kappa shape index (κ2) is 5.76. The number of carbonyl (C=O) groups is 1. The van der Waals surface area contributed by atoms with E-state index in [0.717, 1.165) is 24.8 Å². The van der Waals surface area contributed by atoms with Gasteiger partial charge in [-0.1, -0.05) is 36.8 Å². The summed E-state index contributed by atoms with van der Waals surface area (Å²) in [4.78, 5) is 22.5. The first kappa shape index (κ1) is 12.7. The molecule has 4 nitrogen and oxygen atoms in total. The van der Waals surface area contributed by atoms with Crippen LogP contribution in [0.3, 0.4) is 0 Å². The zero-order valence-electron chi connectivity index (χ0n) is 10.2. The van der Waals surface area contributed by atoms with Crippen molar-refractivity contribution < 1.29 is 9.72 Å². The van der Waals surface area contributed by atoms with E-state index in [0.29, 0.717) is 6.42 Å². The molecular weight excluding hydrogens is 230 g/mol. The monoisotopic (exact) mass is 247 g/mol. The van der Waals surface area contributed by atoms with Gasteiger partial charge in [-0.2, -0.15) is 0 Å². The summed E-state index contributed by atoms with van der Waals surface area (Å²) in [6.45, 7) is -0.152. The van der Waals surface area contributed by atoms with E-state index in [1.54, 1.807) is 0 Å². The molecule has 1 saturated carbocycles. The normalized spacial score (nSPS) is 21.6. The highest BCUT2D eigenvalue weighted by Crippen LogP contribution is 2.34. The SMILES string of the molecule is O=C1CCCC[C@@H]1[C@H](C[N+](=O)[O-])c1ccccc1. The molecule has 0 saturated heterocycles. The Hall–Kier alpha value is -1.71. The molecule has 0 amide bonds. The van der Waals surface area contributed by atoms with E-state index in [1.165, 1.54) is 0 Å². The molecule has 18 heavy (non-hydrogen) atoms.